The SMILES string of the molecule is O=C(NCc1cccs1)[C@@H]1CN(C(=O)O)CCN1C(=O)C(CC1CCCCC1)NC1CCCCC1. The van der Waals surface area contributed by atoms with E-state index in [4.69, 9.17) is 0 Å². The Bertz CT molecular complexity index is 816. The predicted octanol–water partition coefficient (Wildman–Crippen LogP) is 3.82. The van der Waals surface area contributed by atoms with Crippen molar-refractivity contribution in [3.63, 3.8) is 0 Å². The van der Waals surface area contributed by atoms with E-state index in [0.29, 0.717) is 18.5 Å². The van der Waals surface area contributed by atoms with Gasteiger partial charge in [0.2, 0.25) is 11.8 Å². The Labute approximate surface area is 212 Å². The van der Waals surface area contributed by atoms with Crippen LogP contribution in [0.2, 0.25) is 0 Å². The molecule has 3 aliphatic rings. The highest BCUT2D eigenvalue weighted by Gasteiger charge is 2.40. The van der Waals surface area contributed by atoms with Crippen LogP contribution in [0, 0.1) is 5.92 Å². The zero-order valence-electron chi connectivity index (χ0n) is 20.6. The molecule has 0 bridgehead atoms. The number of hydrogen-bond donors (Lipinski definition) is 3. The molecule has 4 rings (SSSR count). The third-order valence-electron chi connectivity index (χ3n) is 7.89. The fraction of sp³-hybridized carbons (Fsp3) is 0.731. The van der Waals surface area contributed by atoms with E-state index in [9.17, 15) is 19.5 Å². The van der Waals surface area contributed by atoms with E-state index in [2.05, 4.69) is 10.6 Å². The second-order valence-corrected chi connectivity index (χ2v) is 11.4. The zero-order chi connectivity index (χ0) is 24.6. The standard InChI is InChI=1S/C26H40N4O4S/c31-24(27-17-21-12-7-15-35-21)23-18-29(26(33)34)13-14-30(23)25(32)22(16-19-8-3-1-4-9-19)28-20-10-5-2-6-11-20/h7,12,15,19-20,22-23,28H,1-6,8-11,13-14,16-18H2,(H,27,31)(H,33,34)/t22?,23-/m0/s1. The maximum Gasteiger partial charge on any atom is 0.407 e. The Balaban J connectivity index is 1.48. The largest absolute Gasteiger partial charge is 0.465 e. The molecule has 1 aromatic rings. The van der Waals surface area contributed by atoms with E-state index in [0.717, 1.165) is 37.0 Å². The van der Waals surface area contributed by atoms with Crippen molar-refractivity contribution >= 4 is 29.2 Å². The number of nitrogens with zero attached hydrogens (tertiary/aromatic N) is 2. The van der Waals surface area contributed by atoms with Gasteiger partial charge in [-0.3, -0.25) is 9.59 Å². The van der Waals surface area contributed by atoms with Gasteiger partial charge in [0.05, 0.1) is 19.1 Å². The molecule has 1 saturated heterocycles. The van der Waals surface area contributed by atoms with Gasteiger partial charge in [0.1, 0.15) is 6.04 Å². The van der Waals surface area contributed by atoms with Crippen LogP contribution in [0.1, 0.15) is 75.5 Å². The van der Waals surface area contributed by atoms with Gasteiger partial charge in [0.15, 0.2) is 0 Å². The minimum atomic E-state index is -1.05. The molecule has 0 aromatic carbocycles. The van der Waals surface area contributed by atoms with E-state index in [1.165, 1.54) is 43.4 Å². The lowest BCUT2D eigenvalue weighted by Gasteiger charge is -2.42. The molecular formula is C26H40N4O4S. The predicted molar refractivity (Wildman–Crippen MR) is 136 cm³/mol. The molecule has 35 heavy (non-hydrogen) atoms. The number of hydrogen-bond acceptors (Lipinski definition) is 5. The van der Waals surface area contributed by atoms with Gasteiger partial charge in [-0.2, -0.15) is 0 Å². The average Bonchev–Trinajstić information content (AvgIpc) is 3.41. The summed E-state index contributed by atoms with van der Waals surface area (Å²) >= 11 is 1.56. The molecule has 8 nitrogen and oxygen atoms in total. The molecular weight excluding hydrogens is 464 g/mol. The van der Waals surface area contributed by atoms with Crippen LogP contribution in [0.25, 0.3) is 0 Å². The van der Waals surface area contributed by atoms with Gasteiger partial charge in [-0.15, -0.1) is 11.3 Å². The second-order valence-electron chi connectivity index (χ2n) is 10.4. The molecule has 0 spiro atoms. The molecule has 194 valence electrons. The van der Waals surface area contributed by atoms with Gasteiger partial charge >= 0.3 is 6.09 Å². The van der Waals surface area contributed by atoms with Crippen LogP contribution in [0.15, 0.2) is 17.5 Å². The molecule has 1 aliphatic heterocycles. The number of carbonyl (C=O) groups is 3. The van der Waals surface area contributed by atoms with Crippen LogP contribution in [-0.2, 0) is 16.1 Å². The number of rotatable bonds is 8. The summed E-state index contributed by atoms with van der Waals surface area (Å²) in [7, 11) is 0. The number of amides is 3. The van der Waals surface area contributed by atoms with Gasteiger partial charge in [-0.05, 0) is 36.6 Å². The molecule has 2 aliphatic carbocycles. The Kier molecular flexibility index (Phi) is 9.43. The topological polar surface area (TPSA) is 102 Å². The Hall–Kier alpha value is -2.13. The first-order valence-electron chi connectivity index (χ1n) is 13.4. The lowest BCUT2D eigenvalue weighted by atomic mass is 9.83. The summed E-state index contributed by atoms with van der Waals surface area (Å²) in [5.74, 6) is 0.203. The fourth-order valence-electron chi connectivity index (χ4n) is 5.90. The molecule has 1 aromatic heterocycles. The van der Waals surface area contributed by atoms with Crippen molar-refractivity contribution in [1.29, 1.82) is 0 Å². The zero-order valence-corrected chi connectivity index (χ0v) is 21.4. The van der Waals surface area contributed by atoms with Gasteiger partial charge < -0.3 is 25.5 Å². The van der Waals surface area contributed by atoms with Crippen molar-refractivity contribution < 1.29 is 19.5 Å². The fourth-order valence-corrected chi connectivity index (χ4v) is 6.54. The highest BCUT2D eigenvalue weighted by atomic mass is 32.1. The number of thiophene rings is 1. The Morgan fingerprint density at radius 3 is 2.40 bits per heavy atom. The van der Waals surface area contributed by atoms with Gasteiger partial charge in [0, 0.05) is 24.0 Å². The minimum Gasteiger partial charge on any atom is -0.465 e. The first kappa shape index (κ1) is 25.9. The molecule has 3 fully saturated rings. The molecule has 3 amide bonds. The Morgan fingerprint density at radius 1 is 1.03 bits per heavy atom. The summed E-state index contributed by atoms with van der Waals surface area (Å²) < 4.78 is 0. The maximum atomic E-state index is 14.0. The van der Waals surface area contributed by atoms with E-state index in [1.807, 2.05) is 17.5 Å². The summed E-state index contributed by atoms with van der Waals surface area (Å²) in [4.78, 5) is 42.8. The van der Waals surface area contributed by atoms with Crippen LogP contribution in [-0.4, -0.2) is 70.6 Å². The number of nitrogens with one attached hydrogen (secondary N) is 2. The molecule has 9 heteroatoms. The van der Waals surface area contributed by atoms with Crippen LogP contribution >= 0.6 is 11.3 Å². The van der Waals surface area contributed by atoms with Gasteiger partial charge in [-0.25, -0.2) is 4.79 Å². The van der Waals surface area contributed by atoms with Crippen LogP contribution in [0.3, 0.4) is 0 Å². The number of piperazine rings is 1. The van der Waals surface area contributed by atoms with Gasteiger partial charge in [-0.1, -0.05) is 57.4 Å². The summed E-state index contributed by atoms with van der Waals surface area (Å²) in [6, 6.07) is 3.10. The number of carboxylic acid groups (broad SMARTS) is 1. The summed E-state index contributed by atoms with van der Waals surface area (Å²) in [6.45, 7) is 0.871. The van der Waals surface area contributed by atoms with Crippen molar-refractivity contribution in [2.24, 2.45) is 5.92 Å². The monoisotopic (exact) mass is 504 g/mol. The molecule has 1 unspecified atom stereocenters. The van der Waals surface area contributed by atoms with E-state index in [1.54, 1.807) is 16.2 Å². The van der Waals surface area contributed by atoms with Crippen molar-refractivity contribution in [1.82, 2.24) is 20.4 Å². The van der Waals surface area contributed by atoms with Crippen molar-refractivity contribution in [2.75, 3.05) is 19.6 Å². The van der Waals surface area contributed by atoms with E-state index < -0.39 is 12.1 Å². The third kappa shape index (κ3) is 7.19. The lowest BCUT2D eigenvalue weighted by molar-refractivity contribution is -0.145. The van der Waals surface area contributed by atoms with Gasteiger partial charge in [0.25, 0.3) is 0 Å². The van der Waals surface area contributed by atoms with Crippen LogP contribution in [0.5, 0.6) is 0 Å². The minimum absolute atomic E-state index is 0.0108. The molecule has 2 heterocycles. The van der Waals surface area contributed by atoms with E-state index in [-0.39, 0.29) is 37.5 Å². The summed E-state index contributed by atoms with van der Waals surface area (Å²) in [6.07, 6.45) is 11.6. The molecule has 2 atom stereocenters. The first-order valence-corrected chi connectivity index (χ1v) is 14.2. The van der Waals surface area contributed by atoms with Crippen molar-refractivity contribution in [3.05, 3.63) is 22.4 Å². The van der Waals surface area contributed by atoms with Crippen LogP contribution < -0.4 is 10.6 Å². The lowest BCUT2D eigenvalue weighted by Crippen LogP contribution is -2.64. The second kappa shape index (κ2) is 12.7. The summed E-state index contributed by atoms with van der Waals surface area (Å²) in [5.41, 5.74) is 0. The molecule has 0 radical (unpaired) electrons. The normalized spacial score (nSPS) is 23.1. The highest BCUT2D eigenvalue weighted by Crippen LogP contribution is 2.29. The first-order chi connectivity index (χ1) is 17.0. The highest BCUT2D eigenvalue weighted by molar-refractivity contribution is 7.09. The molecule has 2 saturated carbocycles. The third-order valence-corrected chi connectivity index (χ3v) is 8.76. The summed E-state index contributed by atoms with van der Waals surface area (Å²) in [5, 5.41) is 18.2. The van der Waals surface area contributed by atoms with Crippen molar-refractivity contribution in [2.45, 2.75) is 95.3 Å². The smallest absolute Gasteiger partial charge is 0.407 e. The quantitative estimate of drug-likeness (QED) is 0.500. The number of carbonyl (C=O) groups excluding carboxylic acids is 2. The molecule has 3 N–H and O–H groups in total. The van der Waals surface area contributed by atoms with E-state index >= 15 is 0 Å². The van der Waals surface area contributed by atoms with Crippen molar-refractivity contribution in [3.8, 4) is 0 Å². The average molecular weight is 505 g/mol. The van der Waals surface area contributed by atoms with Crippen LogP contribution in [0.4, 0.5) is 4.79 Å². The maximum absolute atomic E-state index is 14.0. The Morgan fingerprint density at radius 2 is 1.74 bits per heavy atom.